The van der Waals surface area contributed by atoms with Gasteiger partial charge in [-0.15, -0.1) is 0 Å². The summed E-state index contributed by atoms with van der Waals surface area (Å²) in [5.74, 6) is 0.637. The van der Waals surface area contributed by atoms with Gasteiger partial charge < -0.3 is 4.74 Å². The van der Waals surface area contributed by atoms with Crippen LogP contribution < -0.4 is 4.74 Å². The van der Waals surface area contributed by atoms with E-state index in [0.717, 1.165) is 12.8 Å². The van der Waals surface area contributed by atoms with Gasteiger partial charge in [-0.3, -0.25) is 14.9 Å². The summed E-state index contributed by atoms with van der Waals surface area (Å²) in [5, 5.41) is 10.7. The van der Waals surface area contributed by atoms with Crippen molar-refractivity contribution in [1.82, 2.24) is 0 Å². The largest absolute Gasteiger partial charge is 0.485 e. The monoisotopic (exact) mass is 235 g/mol. The minimum absolute atomic E-state index is 0.00662. The molecule has 0 radical (unpaired) electrons. The van der Waals surface area contributed by atoms with E-state index in [-0.39, 0.29) is 24.0 Å². The summed E-state index contributed by atoms with van der Waals surface area (Å²) in [5.41, 5.74) is 0.475. The SMILES string of the molecule is Cc1c(OCC(=O)C2CC2)cccc1[N+](=O)[O-]. The Labute approximate surface area is 98.5 Å². The number of nitro groups is 1. The normalized spacial score (nSPS) is 14.4. The van der Waals surface area contributed by atoms with E-state index in [1.54, 1.807) is 19.1 Å². The van der Waals surface area contributed by atoms with Crippen molar-refractivity contribution in [1.29, 1.82) is 0 Å². The van der Waals surface area contributed by atoms with Crippen molar-refractivity contribution in [3.63, 3.8) is 0 Å². The van der Waals surface area contributed by atoms with Crippen LogP contribution in [0.3, 0.4) is 0 Å². The molecule has 5 heteroatoms. The highest BCUT2D eigenvalue weighted by atomic mass is 16.6. The Morgan fingerprint density at radius 1 is 1.53 bits per heavy atom. The Kier molecular flexibility index (Phi) is 3.08. The van der Waals surface area contributed by atoms with Gasteiger partial charge in [0.2, 0.25) is 0 Å². The lowest BCUT2D eigenvalue weighted by atomic mass is 10.2. The van der Waals surface area contributed by atoms with Gasteiger partial charge in [0.25, 0.3) is 5.69 Å². The van der Waals surface area contributed by atoms with Crippen LogP contribution in [0.2, 0.25) is 0 Å². The second-order valence-electron chi connectivity index (χ2n) is 4.19. The summed E-state index contributed by atoms with van der Waals surface area (Å²) >= 11 is 0. The van der Waals surface area contributed by atoms with Gasteiger partial charge in [0.15, 0.2) is 5.78 Å². The molecule has 1 aromatic rings. The van der Waals surface area contributed by atoms with E-state index in [2.05, 4.69) is 0 Å². The van der Waals surface area contributed by atoms with Crippen molar-refractivity contribution in [2.75, 3.05) is 6.61 Å². The first-order valence-electron chi connectivity index (χ1n) is 5.49. The number of hydrogen-bond acceptors (Lipinski definition) is 4. The number of carbonyl (C=O) groups excluding carboxylic acids is 1. The van der Waals surface area contributed by atoms with E-state index in [0.29, 0.717) is 11.3 Å². The summed E-state index contributed by atoms with van der Waals surface area (Å²) in [6.45, 7) is 1.63. The molecule has 0 spiro atoms. The quantitative estimate of drug-likeness (QED) is 0.579. The third-order valence-corrected chi connectivity index (χ3v) is 2.85. The molecule has 1 fully saturated rings. The van der Waals surface area contributed by atoms with Crippen LogP contribution >= 0.6 is 0 Å². The topological polar surface area (TPSA) is 69.4 Å². The smallest absolute Gasteiger partial charge is 0.276 e. The molecule has 0 aliphatic heterocycles. The fraction of sp³-hybridized carbons (Fsp3) is 0.417. The van der Waals surface area contributed by atoms with Crippen LogP contribution in [-0.2, 0) is 4.79 Å². The lowest BCUT2D eigenvalue weighted by Gasteiger charge is -2.08. The lowest BCUT2D eigenvalue weighted by molar-refractivity contribution is -0.385. The van der Waals surface area contributed by atoms with Gasteiger partial charge in [-0.2, -0.15) is 0 Å². The number of carbonyl (C=O) groups is 1. The zero-order valence-corrected chi connectivity index (χ0v) is 9.51. The van der Waals surface area contributed by atoms with Crippen LogP contribution in [-0.4, -0.2) is 17.3 Å². The number of benzene rings is 1. The van der Waals surface area contributed by atoms with Gasteiger partial charge in [0, 0.05) is 12.0 Å². The maximum Gasteiger partial charge on any atom is 0.276 e. The van der Waals surface area contributed by atoms with Crippen LogP contribution in [0, 0.1) is 23.0 Å². The third kappa shape index (κ3) is 2.61. The van der Waals surface area contributed by atoms with Gasteiger partial charge in [-0.25, -0.2) is 0 Å². The molecule has 0 N–H and O–H groups in total. The van der Waals surface area contributed by atoms with E-state index in [1.165, 1.54) is 6.07 Å². The fourth-order valence-corrected chi connectivity index (χ4v) is 1.63. The zero-order chi connectivity index (χ0) is 12.4. The number of Topliss-reactive ketones (excluding diaryl/α,β-unsaturated/α-hetero) is 1. The summed E-state index contributed by atoms with van der Waals surface area (Å²) in [6, 6.07) is 4.62. The van der Waals surface area contributed by atoms with Gasteiger partial charge >= 0.3 is 0 Å². The summed E-state index contributed by atoms with van der Waals surface area (Å²) in [4.78, 5) is 21.7. The Balaban J connectivity index is 2.07. The van der Waals surface area contributed by atoms with E-state index < -0.39 is 4.92 Å². The predicted octanol–water partition coefficient (Wildman–Crippen LogP) is 2.26. The highest BCUT2D eigenvalue weighted by molar-refractivity contribution is 5.84. The highest BCUT2D eigenvalue weighted by Gasteiger charge is 2.29. The van der Waals surface area contributed by atoms with E-state index in [1.807, 2.05) is 0 Å². The molecule has 0 unspecified atom stereocenters. The number of nitrogens with zero attached hydrogens (tertiary/aromatic N) is 1. The predicted molar refractivity (Wildman–Crippen MR) is 61.1 cm³/mol. The third-order valence-electron chi connectivity index (χ3n) is 2.85. The summed E-state index contributed by atoms with van der Waals surface area (Å²) in [6.07, 6.45) is 1.88. The fourth-order valence-electron chi connectivity index (χ4n) is 1.63. The molecule has 1 aliphatic carbocycles. The number of hydrogen-bond donors (Lipinski definition) is 0. The summed E-state index contributed by atoms with van der Waals surface area (Å²) in [7, 11) is 0. The number of rotatable bonds is 5. The Bertz CT molecular complexity index is 466. The summed E-state index contributed by atoms with van der Waals surface area (Å²) < 4.78 is 5.34. The van der Waals surface area contributed by atoms with Crippen LogP contribution in [0.25, 0.3) is 0 Å². The molecule has 0 amide bonds. The van der Waals surface area contributed by atoms with Crippen molar-refractivity contribution in [3.8, 4) is 5.75 Å². The van der Waals surface area contributed by atoms with Crippen LogP contribution in [0.15, 0.2) is 18.2 Å². The molecule has 1 aromatic carbocycles. The molecule has 5 nitrogen and oxygen atoms in total. The maximum absolute atomic E-state index is 11.4. The molecular weight excluding hydrogens is 222 g/mol. The number of ether oxygens (including phenoxy) is 1. The van der Waals surface area contributed by atoms with Crippen molar-refractivity contribution in [3.05, 3.63) is 33.9 Å². The van der Waals surface area contributed by atoms with Crippen LogP contribution in [0.5, 0.6) is 5.75 Å². The molecule has 1 saturated carbocycles. The second kappa shape index (κ2) is 4.53. The first kappa shape index (κ1) is 11.6. The molecule has 1 aliphatic rings. The van der Waals surface area contributed by atoms with Gasteiger partial charge in [0.1, 0.15) is 12.4 Å². The average molecular weight is 235 g/mol. The minimum atomic E-state index is -0.453. The Morgan fingerprint density at radius 3 is 2.82 bits per heavy atom. The molecule has 17 heavy (non-hydrogen) atoms. The number of ketones is 1. The van der Waals surface area contributed by atoms with Crippen molar-refractivity contribution < 1.29 is 14.5 Å². The molecule has 2 rings (SSSR count). The van der Waals surface area contributed by atoms with E-state index in [9.17, 15) is 14.9 Å². The van der Waals surface area contributed by atoms with Crippen molar-refractivity contribution in [2.45, 2.75) is 19.8 Å². The molecular formula is C12H13NO4. The lowest BCUT2D eigenvalue weighted by Crippen LogP contribution is -2.13. The Hall–Kier alpha value is -1.91. The highest BCUT2D eigenvalue weighted by Crippen LogP contribution is 2.31. The van der Waals surface area contributed by atoms with Crippen LogP contribution in [0.1, 0.15) is 18.4 Å². The van der Waals surface area contributed by atoms with Crippen molar-refractivity contribution >= 4 is 11.5 Å². The first-order chi connectivity index (χ1) is 8.09. The second-order valence-corrected chi connectivity index (χ2v) is 4.19. The zero-order valence-electron chi connectivity index (χ0n) is 9.51. The molecule has 90 valence electrons. The molecule has 0 bridgehead atoms. The average Bonchev–Trinajstić information content (AvgIpc) is 3.10. The van der Waals surface area contributed by atoms with Crippen LogP contribution in [0.4, 0.5) is 5.69 Å². The minimum Gasteiger partial charge on any atom is -0.485 e. The molecule has 0 atom stereocenters. The van der Waals surface area contributed by atoms with Crippen molar-refractivity contribution in [2.24, 2.45) is 5.92 Å². The van der Waals surface area contributed by atoms with Gasteiger partial charge in [0.05, 0.1) is 10.5 Å². The molecule has 0 aromatic heterocycles. The Morgan fingerprint density at radius 2 is 2.24 bits per heavy atom. The van der Waals surface area contributed by atoms with Gasteiger partial charge in [-0.05, 0) is 25.8 Å². The van der Waals surface area contributed by atoms with E-state index >= 15 is 0 Å². The molecule has 0 heterocycles. The standard InChI is InChI=1S/C12H13NO4/c1-8-10(13(15)16)3-2-4-12(8)17-7-11(14)9-5-6-9/h2-4,9H,5-7H2,1H3. The molecule has 0 saturated heterocycles. The van der Waals surface area contributed by atoms with Gasteiger partial charge in [-0.1, -0.05) is 6.07 Å². The first-order valence-corrected chi connectivity index (χ1v) is 5.49. The number of nitro benzene ring substituents is 1. The van der Waals surface area contributed by atoms with E-state index in [4.69, 9.17) is 4.74 Å². The maximum atomic E-state index is 11.4.